The number of nitrogens with one attached hydrogen (secondary N) is 1. The number of carboxylic acid groups (broad SMARTS) is 1. The second-order valence-corrected chi connectivity index (χ2v) is 19.7. The van der Waals surface area contributed by atoms with E-state index < -0.39 is 25.6 Å². The number of nitrogens with zero attached hydrogens (tertiary/aromatic N) is 5. The number of esters is 1. The van der Waals surface area contributed by atoms with Gasteiger partial charge in [-0.25, -0.2) is 14.3 Å². The molecule has 0 spiro atoms. The summed E-state index contributed by atoms with van der Waals surface area (Å²) in [4.78, 5) is 46.8. The van der Waals surface area contributed by atoms with Crippen LogP contribution in [-0.2, 0) is 70.8 Å². The minimum Gasteiger partial charge on any atom is -0.476 e. The molecule has 4 aliphatic rings. The van der Waals surface area contributed by atoms with E-state index in [2.05, 4.69) is 44.5 Å². The Morgan fingerprint density at radius 3 is 2.11 bits per heavy atom. The Morgan fingerprint density at radius 1 is 0.944 bits per heavy atom. The van der Waals surface area contributed by atoms with E-state index in [1.54, 1.807) is 11.6 Å². The molecule has 0 unspecified atom stereocenters. The maximum Gasteiger partial charge on any atom is 0.420 e. The number of carbonyl (C=O) groups excluding carboxylic acids is 3. The van der Waals surface area contributed by atoms with Crippen molar-refractivity contribution in [3.8, 4) is 0 Å². The molecule has 0 aromatic carbocycles. The highest BCUT2D eigenvalue weighted by Crippen LogP contribution is 2.23. The van der Waals surface area contributed by atoms with E-state index in [0.717, 1.165) is 35.0 Å². The molecule has 2 aromatic rings. The third-order valence-corrected chi connectivity index (χ3v) is 10.4. The summed E-state index contributed by atoms with van der Waals surface area (Å²) in [5.41, 5.74) is 11.3. The first-order valence-corrected chi connectivity index (χ1v) is 21.8. The molecule has 2 saturated heterocycles. The lowest BCUT2D eigenvalue weighted by atomic mass is 9.89. The van der Waals surface area contributed by atoms with Crippen molar-refractivity contribution in [2.75, 3.05) is 52.9 Å². The van der Waals surface area contributed by atoms with Gasteiger partial charge in [-0.3, -0.25) is 14.7 Å². The number of hydrogen-bond donors (Lipinski definition) is 3. The van der Waals surface area contributed by atoms with Crippen molar-refractivity contribution in [3.63, 3.8) is 0 Å². The number of ether oxygens (including phenoxy) is 6. The number of Topliss-reactive ketones (excluding diaryl/α,β-unsaturated/α-hetero) is 2. The first-order valence-electron chi connectivity index (χ1n) is 18.1. The van der Waals surface area contributed by atoms with Crippen molar-refractivity contribution >= 4 is 37.3 Å². The molecule has 0 bridgehead atoms. The van der Waals surface area contributed by atoms with Gasteiger partial charge in [-0.1, -0.05) is 19.6 Å². The molecule has 19 heteroatoms. The smallest absolute Gasteiger partial charge is 0.420 e. The van der Waals surface area contributed by atoms with Crippen LogP contribution < -0.4 is 0 Å². The highest BCUT2D eigenvalue weighted by atomic mass is 28.3. The monoisotopic (exact) mass is 778 g/mol. The first-order chi connectivity index (χ1) is 25.7. The van der Waals surface area contributed by atoms with Crippen molar-refractivity contribution < 1.29 is 62.6 Å². The molecule has 0 atom stereocenters. The Kier molecular flexibility index (Phi) is 18.0. The van der Waals surface area contributed by atoms with Gasteiger partial charge in [-0.05, 0) is 19.4 Å². The third kappa shape index (κ3) is 13.7. The van der Waals surface area contributed by atoms with Gasteiger partial charge in [0.25, 0.3) is 0 Å². The first kappa shape index (κ1) is 44.5. The van der Waals surface area contributed by atoms with Crippen LogP contribution in [0.25, 0.3) is 5.53 Å². The van der Waals surface area contributed by atoms with Gasteiger partial charge >= 0.3 is 17.7 Å². The lowest BCUT2D eigenvalue weighted by molar-refractivity contribution is -0.145. The average molecular weight is 779 g/mol. The minimum atomic E-state index is -1.43. The molecule has 0 radical (unpaired) electrons. The molecule has 6 heterocycles. The molecule has 0 amide bonds. The number of rotatable bonds is 10. The van der Waals surface area contributed by atoms with Gasteiger partial charge in [0.15, 0.2) is 17.1 Å². The van der Waals surface area contributed by atoms with E-state index in [-0.39, 0.29) is 36.6 Å². The summed E-state index contributed by atoms with van der Waals surface area (Å²) in [6, 6.07) is 1.08. The topological polar surface area (TPSA) is 247 Å². The third-order valence-electron chi connectivity index (χ3n) is 8.72. The van der Waals surface area contributed by atoms with E-state index in [4.69, 9.17) is 29.2 Å². The summed E-state index contributed by atoms with van der Waals surface area (Å²) in [7, 11) is -1.11. The number of ketones is 2. The zero-order valence-corrected chi connectivity index (χ0v) is 32.9. The fourth-order valence-corrected chi connectivity index (χ4v) is 6.36. The molecule has 54 heavy (non-hydrogen) atoms. The predicted molar refractivity (Wildman–Crippen MR) is 194 cm³/mol. The number of aromatic amines is 1. The highest BCUT2D eigenvalue weighted by molar-refractivity contribution is 6.76. The predicted octanol–water partition coefficient (Wildman–Crippen LogP) is 2.78. The minimum absolute atomic E-state index is 0.0226. The second kappa shape index (κ2) is 21.8. The van der Waals surface area contributed by atoms with Gasteiger partial charge in [0.05, 0.1) is 57.6 Å². The lowest BCUT2D eigenvalue weighted by Crippen LogP contribution is -2.48. The Balaban J connectivity index is 0.000000205. The van der Waals surface area contributed by atoms with Gasteiger partial charge < -0.3 is 44.2 Å². The van der Waals surface area contributed by atoms with Crippen molar-refractivity contribution in [2.45, 2.75) is 104 Å². The van der Waals surface area contributed by atoms with E-state index in [1.807, 2.05) is 0 Å². The molecular formula is C35H54N6O12Si. The van der Waals surface area contributed by atoms with E-state index in [9.17, 15) is 29.4 Å². The Hall–Kier alpha value is -3.94. The molecule has 2 fully saturated rings. The van der Waals surface area contributed by atoms with Crippen molar-refractivity contribution in [1.29, 1.82) is 0 Å². The van der Waals surface area contributed by atoms with Crippen LogP contribution in [0.4, 0.5) is 0 Å². The molecule has 0 aliphatic carbocycles. The standard InChI is InChI=1S/C13H22N2O4Si.C9H14N2O4.C8H10N2O2.C5H8O2/c1-20(2,3)7-6-19-9-15-11-8-18-5-4-10(11)12(14-15)13(16)17;1-2-15-8(12)7(11-10)9(13)3-5-14-6-4-9;1-5(11)8-6-2-3-12-4-7(6)9-10-8;6-5-1-3-7-4-2-5/h4-9H2,1-3H3,(H,16,17);13H,2-6H2,1H3;2-4H2,1H3,(H,9,10);1-4H2. The summed E-state index contributed by atoms with van der Waals surface area (Å²) in [6.45, 7) is 15.3. The summed E-state index contributed by atoms with van der Waals surface area (Å²) in [5, 5.41) is 30.1. The Labute approximate surface area is 315 Å². The number of carbonyl (C=O) groups is 4. The summed E-state index contributed by atoms with van der Waals surface area (Å²) in [6.07, 6.45) is 3.10. The summed E-state index contributed by atoms with van der Waals surface area (Å²) >= 11 is 0. The maximum atomic E-state index is 11.4. The van der Waals surface area contributed by atoms with Crippen LogP contribution in [0.15, 0.2) is 0 Å². The zero-order chi connectivity index (χ0) is 39.7. The van der Waals surface area contributed by atoms with Gasteiger partial charge in [0.1, 0.15) is 18.2 Å². The number of hydrogen-bond acceptors (Lipinski definition) is 13. The van der Waals surface area contributed by atoms with Crippen LogP contribution in [0.5, 0.6) is 0 Å². The quantitative estimate of drug-likeness (QED) is 0.0597. The number of carboxylic acids is 1. The number of aromatic carboxylic acids is 1. The molecule has 0 saturated carbocycles. The van der Waals surface area contributed by atoms with Crippen LogP contribution in [0.3, 0.4) is 0 Å². The van der Waals surface area contributed by atoms with E-state index >= 15 is 0 Å². The Bertz CT molecular complexity index is 1610. The molecule has 3 N–H and O–H groups in total. The normalized spacial score (nSPS) is 17.3. The zero-order valence-electron chi connectivity index (χ0n) is 31.9. The average Bonchev–Trinajstić information content (AvgIpc) is 3.74. The fraction of sp³-hybridized carbons (Fsp3) is 0.686. The van der Waals surface area contributed by atoms with Crippen LogP contribution in [0.1, 0.15) is 83.0 Å². The van der Waals surface area contributed by atoms with Gasteiger partial charge in [-0.15, -0.1) is 0 Å². The van der Waals surface area contributed by atoms with Gasteiger partial charge in [0, 0.05) is 78.0 Å². The SMILES string of the molecule is CC(=O)c1n[nH]c2c1CCOC2.CCOC(=O)C(=[N+]=[N-])C1(O)CCOCC1.C[Si](C)(C)CCOCn1nc(C(=O)O)c2c1COCC2.O=C1CCOCC1. The Morgan fingerprint density at radius 2 is 1.56 bits per heavy atom. The largest absolute Gasteiger partial charge is 0.476 e. The summed E-state index contributed by atoms with van der Waals surface area (Å²) < 4.78 is 32.5. The molecule has 4 aliphatic heterocycles. The number of aliphatic hydroxyl groups is 1. The maximum absolute atomic E-state index is 11.4. The number of fused-ring (bicyclic) bond motifs is 2. The fourth-order valence-electron chi connectivity index (χ4n) is 5.61. The van der Waals surface area contributed by atoms with E-state index in [0.29, 0.717) is 96.9 Å². The summed E-state index contributed by atoms with van der Waals surface area (Å²) in [5.74, 6) is -1.41. The number of aromatic nitrogens is 4. The second-order valence-electron chi connectivity index (χ2n) is 14.1. The molecule has 18 nitrogen and oxygen atoms in total. The van der Waals surface area contributed by atoms with Crippen molar-refractivity contribution in [1.82, 2.24) is 20.0 Å². The van der Waals surface area contributed by atoms with Crippen LogP contribution in [0.2, 0.25) is 25.7 Å². The van der Waals surface area contributed by atoms with Crippen molar-refractivity contribution in [2.24, 2.45) is 0 Å². The molecule has 2 aromatic heterocycles. The molecule has 6 rings (SSSR count). The van der Waals surface area contributed by atoms with Crippen LogP contribution in [-0.4, -0.2) is 131 Å². The molecule has 300 valence electrons. The van der Waals surface area contributed by atoms with Crippen molar-refractivity contribution in [3.05, 3.63) is 39.4 Å². The van der Waals surface area contributed by atoms with Gasteiger partial charge in [-0.2, -0.15) is 15.0 Å². The lowest BCUT2D eigenvalue weighted by Gasteiger charge is -2.26. The highest BCUT2D eigenvalue weighted by Gasteiger charge is 2.47. The van der Waals surface area contributed by atoms with E-state index in [1.165, 1.54) is 6.92 Å². The van der Waals surface area contributed by atoms with Crippen LogP contribution in [0, 0.1) is 0 Å². The van der Waals surface area contributed by atoms with Crippen LogP contribution >= 0.6 is 0 Å². The van der Waals surface area contributed by atoms with Gasteiger partial charge in [0.2, 0.25) is 0 Å². The number of H-pyrrole nitrogens is 1. The molecular weight excluding hydrogens is 725 g/mol.